The summed E-state index contributed by atoms with van der Waals surface area (Å²) in [6, 6.07) is 1.21. The molecule has 2 unspecified atom stereocenters. The van der Waals surface area contributed by atoms with Gasteiger partial charge in [-0.15, -0.1) is 0 Å². The summed E-state index contributed by atoms with van der Waals surface area (Å²) in [5, 5.41) is 3.25. The van der Waals surface area contributed by atoms with Gasteiger partial charge in [0.05, 0.1) is 7.11 Å². The predicted molar refractivity (Wildman–Crippen MR) is 80.7 cm³/mol. The highest BCUT2D eigenvalue weighted by Crippen LogP contribution is 2.34. The summed E-state index contributed by atoms with van der Waals surface area (Å²) in [6.07, 6.45) is 10.8. The van der Waals surface area contributed by atoms with Crippen LogP contribution in [-0.2, 0) is 9.53 Å². The highest BCUT2D eigenvalue weighted by Gasteiger charge is 2.44. The number of methoxy groups -OCH3 is 1. The second-order valence-electron chi connectivity index (χ2n) is 6.53. The van der Waals surface area contributed by atoms with Crippen molar-refractivity contribution in [2.24, 2.45) is 0 Å². The summed E-state index contributed by atoms with van der Waals surface area (Å²) in [6.45, 7) is 0. The van der Waals surface area contributed by atoms with E-state index >= 15 is 0 Å². The van der Waals surface area contributed by atoms with Crippen LogP contribution < -0.4 is 5.32 Å². The van der Waals surface area contributed by atoms with Gasteiger partial charge in [-0.3, -0.25) is 4.79 Å². The minimum absolute atomic E-state index is 0.0956. The summed E-state index contributed by atoms with van der Waals surface area (Å²) in [5.74, 6) is -0.0956. The first-order chi connectivity index (χ1) is 9.63. The molecule has 4 heteroatoms. The molecule has 116 valence electrons. The fraction of sp³-hybridized carbons (Fsp3) is 0.938. The van der Waals surface area contributed by atoms with Crippen molar-refractivity contribution in [3.8, 4) is 0 Å². The van der Waals surface area contributed by atoms with Gasteiger partial charge in [0.1, 0.15) is 5.54 Å². The van der Waals surface area contributed by atoms with Gasteiger partial charge >= 0.3 is 5.97 Å². The molecule has 2 atom stereocenters. The van der Waals surface area contributed by atoms with E-state index in [-0.39, 0.29) is 5.97 Å². The molecule has 0 aliphatic heterocycles. The molecule has 2 aliphatic rings. The number of hydrogen-bond acceptors (Lipinski definition) is 4. The maximum atomic E-state index is 12.2. The zero-order valence-electron chi connectivity index (χ0n) is 13.3. The number of likely N-dealkylation sites (N-methyl/N-ethyl adjacent to an activating group) is 1. The van der Waals surface area contributed by atoms with Crippen LogP contribution >= 0.6 is 0 Å². The molecule has 0 aromatic carbocycles. The lowest BCUT2D eigenvalue weighted by Gasteiger charge is -2.45. The third-order valence-corrected chi connectivity index (χ3v) is 5.51. The van der Waals surface area contributed by atoms with Crippen LogP contribution in [0.15, 0.2) is 0 Å². The lowest BCUT2D eigenvalue weighted by molar-refractivity contribution is -0.151. The average Bonchev–Trinajstić information content (AvgIpc) is 2.54. The Morgan fingerprint density at radius 3 is 2.40 bits per heavy atom. The van der Waals surface area contributed by atoms with Gasteiger partial charge in [-0.05, 0) is 52.6 Å². The Hall–Kier alpha value is -0.610. The summed E-state index contributed by atoms with van der Waals surface area (Å²) < 4.78 is 5.04. The van der Waals surface area contributed by atoms with Gasteiger partial charge < -0.3 is 15.0 Å². The molecule has 0 aromatic heterocycles. The highest BCUT2D eigenvalue weighted by atomic mass is 16.5. The molecule has 0 amide bonds. The predicted octanol–water partition coefficient (Wildman–Crippen LogP) is 2.32. The van der Waals surface area contributed by atoms with Gasteiger partial charge in [-0.25, -0.2) is 0 Å². The molecule has 0 spiro atoms. The lowest BCUT2D eigenvalue weighted by Crippen LogP contribution is -2.58. The summed E-state index contributed by atoms with van der Waals surface area (Å²) in [5.41, 5.74) is -0.472. The third-order valence-electron chi connectivity index (χ3n) is 5.51. The Kier molecular flexibility index (Phi) is 5.44. The van der Waals surface area contributed by atoms with Crippen molar-refractivity contribution in [3.63, 3.8) is 0 Å². The molecule has 2 aliphatic carbocycles. The molecule has 20 heavy (non-hydrogen) atoms. The van der Waals surface area contributed by atoms with Crippen LogP contribution in [0.2, 0.25) is 0 Å². The van der Waals surface area contributed by atoms with Gasteiger partial charge in [0.15, 0.2) is 0 Å². The van der Waals surface area contributed by atoms with Crippen molar-refractivity contribution >= 4 is 5.97 Å². The molecule has 2 saturated carbocycles. The van der Waals surface area contributed by atoms with Crippen LogP contribution in [0.5, 0.6) is 0 Å². The zero-order valence-corrected chi connectivity index (χ0v) is 13.3. The Labute approximate surface area is 123 Å². The molecule has 2 fully saturated rings. The smallest absolute Gasteiger partial charge is 0.326 e. The molecule has 1 N–H and O–H groups in total. The summed E-state index contributed by atoms with van der Waals surface area (Å²) in [7, 11) is 5.64. The largest absolute Gasteiger partial charge is 0.468 e. The van der Waals surface area contributed by atoms with Crippen molar-refractivity contribution in [2.75, 3.05) is 21.2 Å². The van der Waals surface area contributed by atoms with Crippen LogP contribution in [0.1, 0.15) is 57.8 Å². The molecule has 0 heterocycles. The highest BCUT2D eigenvalue weighted by molar-refractivity contribution is 5.81. The Morgan fingerprint density at radius 1 is 1.15 bits per heavy atom. The number of ether oxygens (including phenoxy) is 1. The lowest BCUT2D eigenvalue weighted by atomic mass is 9.77. The van der Waals surface area contributed by atoms with Crippen LogP contribution in [0.4, 0.5) is 0 Å². The first-order valence-corrected chi connectivity index (χ1v) is 8.12. The fourth-order valence-corrected chi connectivity index (χ4v) is 4.09. The zero-order chi connectivity index (χ0) is 14.6. The fourth-order valence-electron chi connectivity index (χ4n) is 4.09. The van der Waals surface area contributed by atoms with Gasteiger partial charge in [0.2, 0.25) is 0 Å². The van der Waals surface area contributed by atoms with Crippen LogP contribution in [-0.4, -0.2) is 49.7 Å². The van der Waals surface area contributed by atoms with Crippen LogP contribution in [0.3, 0.4) is 0 Å². The number of carbonyl (C=O) groups excluding carboxylic acids is 1. The Bertz CT molecular complexity index is 328. The van der Waals surface area contributed by atoms with Crippen molar-refractivity contribution in [3.05, 3.63) is 0 Å². The van der Waals surface area contributed by atoms with Crippen LogP contribution in [0, 0.1) is 0 Å². The first-order valence-electron chi connectivity index (χ1n) is 8.12. The van der Waals surface area contributed by atoms with E-state index in [4.69, 9.17) is 4.74 Å². The maximum absolute atomic E-state index is 12.2. The standard InChI is InChI=1S/C16H30N2O2/c1-17-16(15(19)20-3)11-7-10-14(12-16)18(2)13-8-5-4-6-9-13/h13-14,17H,4-12H2,1-3H3. The second-order valence-corrected chi connectivity index (χ2v) is 6.53. The minimum atomic E-state index is -0.472. The summed E-state index contributed by atoms with van der Waals surface area (Å²) in [4.78, 5) is 14.7. The van der Waals surface area contributed by atoms with E-state index in [0.717, 1.165) is 19.3 Å². The van der Waals surface area contributed by atoms with E-state index in [1.165, 1.54) is 45.6 Å². The number of nitrogens with zero attached hydrogens (tertiary/aromatic N) is 1. The molecule has 0 aromatic rings. The van der Waals surface area contributed by atoms with E-state index < -0.39 is 5.54 Å². The topological polar surface area (TPSA) is 41.6 Å². The maximum Gasteiger partial charge on any atom is 0.326 e. The van der Waals surface area contributed by atoms with Crippen LogP contribution in [0.25, 0.3) is 0 Å². The van der Waals surface area contributed by atoms with Gasteiger partial charge in [-0.2, -0.15) is 0 Å². The Balaban J connectivity index is 2.03. The SMILES string of the molecule is CNC1(C(=O)OC)CCCC(N(C)C2CCCCC2)C1. The minimum Gasteiger partial charge on any atom is -0.468 e. The number of rotatable bonds is 4. The number of carbonyl (C=O) groups is 1. The molecular formula is C16H30N2O2. The van der Waals surface area contributed by atoms with Crippen molar-refractivity contribution < 1.29 is 9.53 Å². The van der Waals surface area contributed by atoms with E-state index in [1.807, 2.05) is 7.05 Å². The van der Waals surface area contributed by atoms with Gasteiger partial charge in [0.25, 0.3) is 0 Å². The monoisotopic (exact) mass is 282 g/mol. The van der Waals surface area contributed by atoms with E-state index in [2.05, 4.69) is 17.3 Å². The van der Waals surface area contributed by atoms with Crippen molar-refractivity contribution in [1.82, 2.24) is 10.2 Å². The number of hydrogen-bond donors (Lipinski definition) is 1. The molecule has 4 nitrogen and oxygen atoms in total. The van der Waals surface area contributed by atoms with Gasteiger partial charge in [-0.1, -0.05) is 19.3 Å². The molecule has 0 radical (unpaired) electrons. The number of nitrogens with one attached hydrogen (secondary N) is 1. The Morgan fingerprint density at radius 2 is 1.80 bits per heavy atom. The quantitative estimate of drug-likeness (QED) is 0.804. The third kappa shape index (κ3) is 3.17. The first kappa shape index (κ1) is 15.8. The van der Waals surface area contributed by atoms with Crippen molar-refractivity contribution in [2.45, 2.75) is 75.4 Å². The van der Waals surface area contributed by atoms with E-state index in [1.54, 1.807) is 0 Å². The molecule has 0 saturated heterocycles. The molecular weight excluding hydrogens is 252 g/mol. The summed E-state index contributed by atoms with van der Waals surface area (Å²) >= 11 is 0. The van der Waals surface area contributed by atoms with Crippen molar-refractivity contribution in [1.29, 1.82) is 0 Å². The molecule has 0 bridgehead atoms. The average molecular weight is 282 g/mol. The van der Waals surface area contributed by atoms with E-state index in [9.17, 15) is 4.79 Å². The number of esters is 1. The van der Waals surface area contributed by atoms with Gasteiger partial charge in [0, 0.05) is 12.1 Å². The molecule has 2 rings (SSSR count). The second kappa shape index (κ2) is 6.90. The normalized spacial score (nSPS) is 32.3. The van der Waals surface area contributed by atoms with E-state index in [0.29, 0.717) is 12.1 Å².